The molecule has 0 aromatic carbocycles. The Hall–Kier alpha value is -1.73. The number of likely N-dealkylation sites (tertiary alicyclic amines) is 1. The van der Waals surface area contributed by atoms with Crippen LogP contribution in [0.25, 0.3) is 0 Å². The summed E-state index contributed by atoms with van der Waals surface area (Å²) >= 11 is 1.70. The van der Waals surface area contributed by atoms with Crippen LogP contribution in [0, 0.1) is 12.3 Å². The molecule has 1 spiro atoms. The van der Waals surface area contributed by atoms with Crippen molar-refractivity contribution in [2.45, 2.75) is 32.7 Å². The second-order valence-electron chi connectivity index (χ2n) is 7.03. The molecule has 128 valence electrons. The van der Waals surface area contributed by atoms with Crippen LogP contribution >= 0.6 is 11.3 Å². The number of rotatable bonds is 3. The van der Waals surface area contributed by atoms with Crippen molar-refractivity contribution in [3.63, 3.8) is 0 Å². The molecular weight excluding hydrogens is 322 g/mol. The first-order valence-corrected chi connectivity index (χ1v) is 9.38. The summed E-state index contributed by atoms with van der Waals surface area (Å²) < 4.78 is 1.76. The first-order chi connectivity index (χ1) is 11.6. The summed E-state index contributed by atoms with van der Waals surface area (Å²) in [5, 5.41) is 7.45. The van der Waals surface area contributed by atoms with Crippen molar-refractivity contribution in [2.75, 3.05) is 24.5 Å². The fourth-order valence-corrected chi connectivity index (χ4v) is 4.67. The highest BCUT2D eigenvalue weighted by molar-refractivity contribution is 7.09. The van der Waals surface area contributed by atoms with Crippen molar-refractivity contribution in [3.05, 3.63) is 28.5 Å². The van der Waals surface area contributed by atoms with E-state index in [0.717, 1.165) is 61.8 Å². The minimum Gasteiger partial charge on any atom is -0.309 e. The van der Waals surface area contributed by atoms with E-state index in [-0.39, 0.29) is 11.3 Å². The summed E-state index contributed by atoms with van der Waals surface area (Å²) in [6, 6.07) is 0. The number of hydrogen-bond acceptors (Lipinski definition) is 5. The van der Waals surface area contributed by atoms with Crippen LogP contribution in [0.2, 0.25) is 0 Å². The molecule has 24 heavy (non-hydrogen) atoms. The van der Waals surface area contributed by atoms with Gasteiger partial charge in [0.05, 0.1) is 28.0 Å². The van der Waals surface area contributed by atoms with Crippen molar-refractivity contribution < 1.29 is 4.79 Å². The number of nitrogens with zero attached hydrogens (tertiary/aromatic N) is 5. The molecule has 2 aromatic heterocycles. The topological polar surface area (TPSA) is 54.3 Å². The zero-order chi connectivity index (χ0) is 16.7. The Kier molecular flexibility index (Phi) is 3.92. The Morgan fingerprint density at radius 3 is 2.92 bits per heavy atom. The van der Waals surface area contributed by atoms with E-state index in [0.29, 0.717) is 0 Å². The van der Waals surface area contributed by atoms with Crippen LogP contribution in [0.1, 0.15) is 30.0 Å². The molecule has 2 saturated heterocycles. The van der Waals surface area contributed by atoms with E-state index in [4.69, 9.17) is 0 Å². The van der Waals surface area contributed by atoms with Gasteiger partial charge in [-0.25, -0.2) is 4.98 Å². The number of aryl methyl sites for hydroxylation is 2. The van der Waals surface area contributed by atoms with Crippen molar-refractivity contribution in [3.8, 4) is 0 Å². The Morgan fingerprint density at radius 1 is 1.33 bits per heavy atom. The van der Waals surface area contributed by atoms with E-state index >= 15 is 0 Å². The Bertz CT molecular complexity index is 754. The van der Waals surface area contributed by atoms with E-state index < -0.39 is 0 Å². The number of piperidine rings is 1. The summed E-state index contributed by atoms with van der Waals surface area (Å²) in [6.45, 7) is 5.59. The van der Waals surface area contributed by atoms with Crippen LogP contribution in [0.3, 0.4) is 0 Å². The second-order valence-corrected chi connectivity index (χ2v) is 8.09. The van der Waals surface area contributed by atoms with Gasteiger partial charge in [0, 0.05) is 38.3 Å². The quantitative estimate of drug-likeness (QED) is 0.856. The Balaban J connectivity index is 1.49. The fourth-order valence-electron chi connectivity index (χ4n) is 4.07. The molecule has 0 saturated carbocycles. The highest BCUT2D eigenvalue weighted by Crippen LogP contribution is 2.42. The number of carbonyl (C=O) groups is 1. The molecule has 1 amide bonds. The van der Waals surface area contributed by atoms with Gasteiger partial charge in [0.15, 0.2) is 0 Å². The monoisotopic (exact) mass is 345 g/mol. The molecule has 1 unspecified atom stereocenters. The van der Waals surface area contributed by atoms with Gasteiger partial charge in [0.2, 0.25) is 5.91 Å². The SMILES string of the molecule is Cc1nc(CN2CCCC3(CCN(c4cnn(C)c4)C3=O)C2)cs1. The summed E-state index contributed by atoms with van der Waals surface area (Å²) in [5.41, 5.74) is 1.83. The molecule has 6 nitrogen and oxygen atoms in total. The molecule has 2 aliphatic heterocycles. The third-order valence-electron chi connectivity index (χ3n) is 5.22. The zero-order valence-corrected chi connectivity index (χ0v) is 15.1. The predicted octanol–water partition coefficient (Wildman–Crippen LogP) is 2.20. The Labute approximate surface area is 146 Å². The molecule has 4 rings (SSSR count). The molecular formula is C17H23N5OS. The van der Waals surface area contributed by atoms with E-state index in [1.807, 2.05) is 25.1 Å². The first kappa shape index (κ1) is 15.8. The zero-order valence-electron chi connectivity index (χ0n) is 14.2. The maximum Gasteiger partial charge on any atom is 0.234 e. The third kappa shape index (κ3) is 2.75. The molecule has 7 heteroatoms. The predicted molar refractivity (Wildman–Crippen MR) is 94.0 cm³/mol. The first-order valence-electron chi connectivity index (χ1n) is 8.50. The standard InChI is InChI=1S/C17H23N5OS/c1-13-19-14(11-24-13)9-21-6-3-4-17(12-21)5-7-22(16(17)23)15-8-18-20(2)10-15/h8,10-11H,3-7,9,12H2,1-2H3. The molecule has 0 bridgehead atoms. The average Bonchev–Trinajstić information content (AvgIpc) is 3.23. The molecule has 0 aliphatic carbocycles. The molecule has 2 aliphatic rings. The molecule has 2 aromatic rings. The second kappa shape index (κ2) is 5.97. The maximum atomic E-state index is 13.1. The van der Waals surface area contributed by atoms with Crippen molar-refractivity contribution in [2.24, 2.45) is 12.5 Å². The lowest BCUT2D eigenvalue weighted by Gasteiger charge is -2.38. The van der Waals surface area contributed by atoms with Crippen molar-refractivity contribution >= 4 is 22.9 Å². The van der Waals surface area contributed by atoms with E-state index in [9.17, 15) is 4.79 Å². The largest absolute Gasteiger partial charge is 0.309 e. The minimum atomic E-state index is -0.223. The molecule has 1 atom stereocenters. The number of aromatic nitrogens is 3. The van der Waals surface area contributed by atoms with E-state index in [2.05, 4.69) is 20.4 Å². The summed E-state index contributed by atoms with van der Waals surface area (Å²) in [7, 11) is 1.89. The van der Waals surface area contributed by atoms with Crippen LogP contribution < -0.4 is 4.90 Å². The van der Waals surface area contributed by atoms with E-state index in [1.165, 1.54) is 0 Å². The normalized spacial score (nSPS) is 25.1. The lowest BCUT2D eigenvalue weighted by molar-refractivity contribution is -0.128. The van der Waals surface area contributed by atoms with Gasteiger partial charge in [-0.2, -0.15) is 5.10 Å². The van der Waals surface area contributed by atoms with E-state index in [1.54, 1.807) is 22.2 Å². The van der Waals surface area contributed by atoms with Gasteiger partial charge < -0.3 is 4.90 Å². The van der Waals surface area contributed by atoms with Crippen molar-refractivity contribution in [1.82, 2.24) is 19.7 Å². The average molecular weight is 345 g/mol. The Morgan fingerprint density at radius 2 is 2.21 bits per heavy atom. The van der Waals surface area contributed by atoms with Crippen LogP contribution in [0.15, 0.2) is 17.8 Å². The van der Waals surface area contributed by atoms with Crippen LogP contribution in [-0.4, -0.2) is 45.2 Å². The van der Waals surface area contributed by atoms with Crippen LogP contribution in [-0.2, 0) is 18.4 Å². The lowest BCUT2D eigenvalue weighted by Crippen LogP contribution is -2.47. The fraction of sp³-hybridized carbons (Fsp3) is 0.588. The summed E-state index contributed by atoms with van der Waals surface area (Å²) in [4.78, 5) is 22.0. The maximum absolute atomic E-state index is 13.1. The van der Waals surface area contributed by atoms with Crippen LogP contribution in [0.5, 0.6) is 0 Å². The number of hydrogen-bond donors (Lipinski definition) is 0. The smallest absolute Gasteiger partial charge is 0.234 e. The number of anilines is 1. The highest BCUT2D eigenvalue weighted by Gasteiger charge is 2.49. The summed E-state index contributed by atoms with van der Waals surface area (Å²) in [5.74, 6) is 0.273. The van der Waals surface area contributed by atoms with Gasteiger partial charge in [-0.05, 0) is 32.7 Å². The number of thiazole rings is 1. The van der Waals surface area contributed by atoms with Gasteiger partial charge in [0.1, 0.15) is 0 Å². The molecule has 4 heterocycles. The highest BCUT2D eigenvalue weighted by atomic mass is 32.1. The van der Waals surface area contributed by atoms with Gasteiger partial charge >= 0.3 is 0 Å². The lowest BCUT2D eigenvalue weighted by atomic mass is 9.78. The van der Waals surface area contributed by atoms with Gasteiger partial charge in [0.25, 0.3) is 0 Å². The summed E-state index contributed by atoms with van der Waals surface area (Å²) in [6.07, 6.45) is 6.73. The van der Waals surface area contributed by atoms with Gasteiger partial charge in [-0.1, -0.05) is 0 Å². The molecule has 2 fully saturated rings. The molecule has 0 radical (unpaired) electrons. The van der Waals surface area contributed by atoms with Crippen LogP contribution in [0.4, 0.5) is 5.69 Å². The minimum absolute atomic E-state index is 0.223. The number of amides is 1. The molecule has 0 N–H and O–H groups in total. The third-order valence-corrected chi connectivity index (χ3v) is 6.05. The van der Waals surface area contributed by atoms with Crippen molar-refractivity contribution in [1.29, 1.82) is 0 Å². The van der Waals surface area contributed by atoms with Gasteiger partial charge in [-0.3, -0.25) is 14.4 Å². The van der Waals surface area contributed by atoms with Gasteiger partial charge in [-0.15, -0.1) is 11.3 Å². The number of carbonyl (C=O) groups excluding carboxylic acids is 1.